The number of nitrogens with zero attached hydrogens (tertiary/aromatic N) is 6. The lowest BCUT2D eigenvalue weighted by atomic mass is 10.3. The molecule has 0 fully saturated rings. The summed E-state index contributed by atoms with van der Waals surface area (Å²) in [6.45, 7) is 6.04. The zero-order chi connectivity index (χ0) is 15.0. The number of nitrogens with one attached hydrogen (secondary N) is 1. The van der Waals surface area contributed by atoms with Gasteiger partial charge in [0.05, 0.1) is 17.6 Å². The third-order valence-electron chi connectivity index (χ3n) is 3.18. The summed E-state index contributed by atoms with van der Waals surface area (Å²) in [5.74, 6) is 0. The molecule has 0 aliphatic heterocycles. The highest BCUT2D eigenvalue weighted by molar-refractivity contribution is 7.15. The number of rotatable bonds is 4. The van der Waals surface area contributed by atoms with Gasteiger partial charge in [-0.05, 0) is 26.3 Å². The van der Waals surface area contributed by atoms with E-state index in [4.69, 9.17) is 0 Å². The molecule has 8 heteroatoms. The third kappa shape index (κ3) is 2.80. The van der Waals surface area contributed by atoms with Gasteiger partial charge in [-0.25, -0.2) is 0 Å². The van der Waals surface area contributed by atoms with E-state index in [1.54, 1.807) is 4.68 Å². The van der Waals surface area contributed by atoms with Crippen LogP contribution >= 0.6 is 11.3 Å². The van der Waals surface area contributed by atoms with E-state index in [1.807, 2.05) is 44.2 Å². The fraction of sp³-hybridized carbons (Fsp3) is 0.385. The largest absolute Gasteiger partial charge is 0.327 e. The Kier molecular flexibility index (Phi) is 3.46. The van der Waals surface area contributed by atoms with Crippen molar-refractivity contribution >= 4 is 22.2 Å². The molecule has 1 N–H and O–H groups in total. The zero-order valence-electron chi connectivity index (χ0n) is 12.4. The van der Waals surface area contributed by atoms with Gasteiger partial charge in [0.1, 0.15) is 11.0 Å². The molecule has 21 heavy (non-hydrogen) atoms. The van der Waals surface area contributed by atoms with Gasteiger partial charge in [-0.1, -0.05) is 11.3 Å². The highest BCUT2D eigenvalue weighted by Crippen LogP contribution is 2.27. The van der Waals surface area contributed by atoms with Crippen LogP contribution in [0.1, 0.15) is 29.2 Å². The fourth-order valence-corrected chi connectivity index (χ4v) is 2.85. The summed E-state index contributed by atoms with van der Waals surface area (Å²) >= 11 is 1.53. The van der Waals surface area contributed by atoms with Crippen LogP contribution in [0.15, 0.2) is 18.6 Å². The predicted molar refractivity (Wildman–Crippen MR) is 81.9 cm³/mol. The maximum Gasteiger partial charge on any atom is 0.210 e. The summed E-state index contributed by atoms with van der Waals surface area (Å²) in [6, 6.07) is 0.0711. The molecule has 0 spiro atoms. The monoisotopic (exact) mass is 303 g/mol. The van der Waals surface area contributed by atoms with Crippen molar-refractivity contribution in [3.05, 3.63) is 34.9 Å². The van der Waals surface area contributed by atoms with Gasteiger partial charge in [-0.15, -0.1) is 10.2 Å². The van der Waals surface area contributed by atoms with E-state index < -0.39 is 0 Å². The number of anilines is 2. The van der Waals surface area contributed by atoms with Crippen molar-refractivity contribution in [3.63, 3.8) is 0 Å². The molecule has 0 aliphatic carbocycles. The number of hydrogen-bond acceptors (Lipinski definition) is 6. The van der Waals surface area contributed by atoms with Gasteiger partial charge in [0.15, 0.2) is 0 Å². The van der Waals surface area contributed by atoms with Crippen LogP contribution in [0.3, 0.4) is 0 Å². The molecule has 1 atom stereocenters. The van der Waals surface area contributed by atoms with Crippen molar-refractivity contribution in [2.45, 2.75) is 26.8 Å². The van der Waals surface area contributed by atoms with Crippen molar-refractivity contribution in [2.75, 3.05) is 5.32 Å². The maximum absolute atomic E-state index is 4.32. The van der Waals surface area contributed by atoms with Crippen molar-refractivity contribution < 1.29 is 0 Å². The molecule has 0 saturated carbocycles. The molecule has 0 bridgehead atoms. The van der Waals surface area contributed by atoms with Gasteiger partial charge in [0.25, 0.3) is 0 Å². The quantitative estimate of drug-likeness (QED) is 0.801. The summed E-state index contributed by atoms with van der Waals surface area (Å²) in [4.78, 5) is 0. The van der Waals surface area contributed by atoms with Crippen LogP contribution in [0.25, 0.3) is 0 Å². The van der Waals surface area contributed by atoms with Crippen molar-refractivity contribution in [1.82, 2.24) is 29.8 Å². The second-order valence-corrected chi connectivity index (χ2v) is 6.06. The van der Waals surface area contributed by atoms with Crippen molar-refractivity contribution in [3.8, 4) is 0 Å². The number of aromatic nitrogens is 6. The van der Waals surface area contributed by atoms with Crippen LogP contribution < -0.4 is 5.32 Å². The minimum absolute atomic E-state index is 0.0711. The predicted octanol–water partition coefficient (Wildman–Crippen LogP) is 2.44. The van der Waals surface area contributed by atoms with E-state index in [9.17, 15) is 0 Å². The number of aryl methyl sites for hydroxylation is 3. The average Bonchev–Trinajstić information content (AvgIpc) is 3.12. The molecule has 110 valence electrons. The molecule has 0 unspecified atom stereocenters. The van der Waals surface area contributed by atoms with Crippen molar-refractivity contribution in [2.24, 2.45) is 7.05 Å². The lowest BCUT2D eigenvalue weighted by Gasteiger charge is -2.07. The van der Waals surface area contributed by atoms with E-state index >= 15 is 0 Å². The van der Waals surface area contributed by atoms with Gasteiger partial charge in [0.2, 0.25) is 5.13 Å². The van der Waals surface area contributed by atoms with Crippen LogP contribution in [-0.4, -0.2) is 29.8 Å². The zero-order valence-corrected chi connectivity index (χ0v) is 13.2. The SMILES string of the molecule is Cc1cnn([C@H](C)c2nnc(Nc3cn(C)nc3C)s2)c1. The molecule has 7 nitrogen and oxygen atoms in total. The van der Waals surface area contributed by atoms with Crippen LogP contribution in [0.5, 0.6) is 0 Å². The summed E-state index contributed by atoms with van der Waals surface area (Å²) in [5, 5.41) is 22.0. The van der Waals surface area contributed by atoms with Gasteiger partial charge in [-0.2, -0.15) is 10.2 Å². The molecule has 3 aromatic heterocycles. The van der Waals surface area contributed by atoms with Gasteiger partial charge < -0.3 is 5.32 Å². The minimum Gasteiger partial charge on any atom is -0.327 e. The smallest absolute Gasteiger partial charge is 0.210 e. The molecular weight excluding hydrogens is 286 g/mol. The van der Waals surface area contributed by atoms with E-state index in [2.05, 4.69) is 32.6 Å². The molecule has 0 amide bonds. The summed E-state index contributed by atoms with van der Waals surface area (Å²) in [6.07, 6.45) is 5.77. The average molecular weight is 303 g/mol. The van der Waals surface area contributed by atoms with Crippen LogP contribution in [0.2, 0.25) is 0 Å². The van der Waals surface area contributed by atoms with E-state index in [-0.39, 0.29) is 6.04 Å². The molecule has 0 aliphatic rings. The summed E-state index contributed by atoms with van der Waals surface area (Å²) in [5.41, 5.74) is 3.02. The molecule has 3 rings (SSSR count). The first kappa shape index (κ1) is 13.7. The topological polar surface area (TPSA) is 73.5 Å². The summed E-state index contributed by atoms with van der Waals surface area (Å²) < 4.78 is 3.67. The Hall–Kier alpha value is -2.22. The van der Waals surface area contributed by atoms with Gasteiger partial charge in [-0.3, -0.25) is 9.36 Å². The van der Waals surface area contributed by atoms with Crippen LogP contribution in [-0.2, 0) is 7.05 Å². The Balaban J connectivity index is 1.78. The van der Waals surface area contributed by atoms with Gasteiger partial charge >= 0.3 is 0 Å². The Morgan fingerprint density at radius 1 is 1.24 bits per heavy atom. The summed E-state index contributed by atoms with van der Waals surface area (Å²) in [7, 11) is 1.89. The highest BCUT2D eigenvalue weighted by Gasteiger charge is 2.15. The molecular formula is C13H17N7S. The second kappa shape index (κ2) is 5.28. The van der Waals surface area contributed by atoms with E-state index in [1.165, 1.54) is 11.3 Å². The first-order valence-electron chi connectivity index (χ1n) is 6.64. The first-order chi connectivity index (χ1) is 10.0. The molecule has 0 radical (unpaired) electrons. The van der Waals surface area contributed by atoms with Crippen molar-refractivity contribution in [1.29, 1.82) is 0 Å². The van der Waals surface area contributed by atoms with Crippen LogP contribution in [0, 0.1) is 13.8 Å². The Bertz CT molecular complexity index is 754. The van der Waals surface area contributed by atoms with Gasteiger partial charge in [0, 0.05) is 19.4 Å². The fourth-order valence-electron chi connectivity index (χ4n) is 2.05. The first-order valence-corrected chi connectivity index (χ1v) is 7.46. The lowest BCUT2D eigenvalue weighted by Crippen LogP contribution is -2.06. The normalized spacial score (nSPS) is 12.6. The molecule has 0 aromatic carbocycles. The van der Waals surface area contributed by atoms with E-state index in [0.29, 0.717) is 0 Å². The Morgan fingerprint density at radius 2 is 2.05 bits per heavy atom. The Labute approximate surface area is 126 Å². The molecule has 3 aromatic rings. The maximum atomic E-state index is 4.32. The molecule has 3 heterocycles. The second-order valence-electron chi connectivity index (χ2n) is 5.05. The molecule has 0 saturated heterocycles. The lowest BCUT2D eigenvalue weighted by molar-refractivity contribution is 0.557. The highest BCUT2D eigenvalue weighted by atomic mass is 32.1. The minimum atomic E-state index is 0.0711. The standard InChI is InChI=1S/C13H17N7S/c1-8-5-14-20(6-8)10(3)12-16-17-13(21-12)15-11-7-19(4)18-9(11)2/h5-7,10H,1-4H3,(H,15,17)/t10-/m1/s1. The number of hydrogen-bond donors (Lipinski definition) is 1. The van der Waals surface area contributed by atoms with Crippen LogP contribution in [0.4, 0.5) is 10.8 Å². The van der Waals surface area contributed by atoms with E-state index in [0.717, 1.165) is 27.1 Å². The Morgan fingerprint density at radius 3 is 2.67 bits per heavy atom. The third-order valence-corrected chi connectivity index (χ3v) is 4.19.